The summed E-state index contributed by atoms with van der Waals surface area (Å²) in [7, 11) is 0. The van der Waals surface area contributed by atoms with Gasteiger partial charge in [-0.05, 0) is 36.8 Å². The van der Waals surface area contributed by atoms with Crippen LogP contribution in [0.2, 0.25) is 10.0 Å². The average Bonchev–Trinajstić information content (AvgIpc) is 2.14. The molecular weight excluding hydrogens is 235 g/mol. The topological polar surface area (TPSA) is 26.3 Å². The Kier molecular flexibility index (Phi) is 4.66. The third-order valence-electron chi connectivity index (χ3n) is 1.58. The number of esters is 1. The van der Waals surface area contributed by atoms with Gasteiger partial charge in [0, 0.05) is 16.1 Å². The third-order valence-corrected chi connectivity index (χ3v) is 2.02. The first-order valence-corrected chi connectivity index (χ1v) is 5.18. The molecule has 0 spiro atoms. The number of ether oxygens (including phenoxy) is 1. The number of rotatable bonds is 3. The molecule has 0 atom stereocenters. The van der Waals surface area contributed by atoms with Gasteiger partial charge in [0.05, 0.1) is 6.61 Å². The van der Waals surface area contributed by atoms with E-state index >= 15 is 0 Å². The quantitative estimate of drug-likeness (QED) is 0.601. The van der Waals surface area contributed by atoms with Crippen molar-refractivity contribution in [3.05, 3.63) is 39.9 Å². The van der Waals surface area contributed by atoms with Crippen molar-refractivity contribution in [3.63, 3.8) is 0 Å². The molecule has 0 heterocycles. The molecule has 1 aromatic rings. The Morgan fingerprint density at radius 2 is 1.93 bits per heavy atom. The Hall–Kier alpha value is -0.990. The predicted octanol–water partition coefficient (Wildman–Crippen LogP) is 3.57. The van der Waals surface area contributed by atoms with Gasteiger partial charge in [-0.1, -0.05) is 23.2 Å². The second-order valence-electron chi connectivity index (χ2n) is 2.79. The van der Waals surface area contributed by atoms with Gasteiger partial charge < -0.3 is 4.74 Å². The van der Waals surface area contributed by atoms with Gasteiger partial charge in [-0.25, -0.2) is 4.79 Å². The fraction of sp³-hybridized carbons (Fsp3) is 0.182. The molecule has 0 fully saturated rings. The number of hydrogen-bond donors (Lipinski definition) is 0. The standard InChI is InChI=1S/C11H10Cl2O2/c1-2-15-11(14)4-3-8-5-9(12)7-10(13)6-8/h3-7H,2H2,1H3/b4-3+. The molecule has 15 heavy (non-hydrogen) atoms. The highest BCUT2D eigenvalue weighted by Gasteiger charge is 1.97. The molecule has 0 aliphatic carbocycles. The summed E-state index contributed by atoms with van der Waals surface area (Å²) in [4.78, 5) is 11.0. The van der Waals surface area contributed by atoms with Crippen LogP contribution in [0, 0.1) is 0 Å². The highest BCUT2D eigenvalue weighted by molar-refractivity contribution is 6.34. The SMILES string of the molecule is CCOC(=O)/C=C/c1cc(Cl)cc(Cl)c1. The lowest BCUT2D eigenvalue weighted by molar-refractivity contribution is -0.137. The van der Waals surface area contributed by atoms with E-state index in [0.717, 1.165) is 5.56 Å². The first-order chi connectivity index (χ1) is 7.11. The maximum atomic E-state index is 11.0. The fourth-order valence-electron chi connectivity index (χ4n) is 1.03. The molecule has 0 bridgehead atoms. The minimum atomic E-state index is -0.381. The lowest BCUT2D eigenvalue weighted by atomic mass is 10.2. The highest BCUT2D eigenvalue weighted by atomic mass is 35.5. The van der Waals surface area contributed by atoms with Crippen molar-refractivity contribution in [1.82, 2.24) is 0 Å². The van der Waals surface area contributed by atoms with Gasteiger partial charge in [0.1, 0.15) is 0 Å². The van der Waals surface area contributed by atoms with Gasteiger partial charge in [0.15, 0.2) is 0 Å². The maximum Gasteiger partial charge on any atom is 0.330 e. The average molecular weight is 245 g/mol. The highest BCUT2D eigenvalue weighted by Crippen LogP contribution is 2.19. The van der Waals surface area contributed by atoms with Crippen molar-refractivity contribution in [3.8, 4) is 0 Å². The molecule has 2 nitrogen and oxygen atoms in total. The third kappa shape index (κ3) is 4.36. The molecule has 4 heteroatoms. The second kappa shape index (κ2) is 5.79. The van der Waals surface area contributed by atoms with E-state index in [-0.39, 0.29) is 5.97 Å². The summed E-state index contributed by atoms with van der Waals surface area (Å²) in [6.45, 7) is 2.11. The molecule has 1 aromatic carbocycles. The Balaban J connectivity index is 2.76. The van der Waals surface area contributed by atoms with Gasteiger partial charge in [0.2, 0.25) is 0 Å². The van der Waals surface area contributed by atoms with Crippen LogP contribution in [0.1, 0.15) is 12.5 Å². The van der Waals surface area contributed by atoms with Crippen LogP contribution in [0.3, 0.4) is 0 Å². The normalized spacial score (nSPS) is 10.6. The first kappa shape index (κ1) is 12.1. The van der Waals surface area contributed by atoms with E-state index in [9.17, 15) is 4.79 Å². The van der Waals surface area contributed by atoms with Crippen molar-refractivity contribution in [2.24, 2.45) is 0 Å². The summed E-state index contributed by atoms with van der Waals surface area (Å²) >= 11 is 11.6. The van der Waals surface area contributed by atoms with Gasteiger partial charge in [-0.15, -0.1) is 0 Å². The second-order valence-corrected chi connectivity index (χ2v) is 3.66. The van der Waals surface area contributed by atoms with Crippen molar-refractivity contribution in [2.75, 3.05) is 6.61 Å². The van der Waals surface area contributed by atoms with Gasteiger partial charge in [-0.3, -0.25) is 0 Å². The van der Waals surface area contributed by atoms with Gasteiger partial charge in [0.25, 0.3) is 0 Å². The summed E-state index contributed by atoms with van der Waals surface area (Å²) in [5.41, 5.74) is 0.764. The van der Waals surface area contributed by atoms with Crippen LogP contribution in [0.4, 0.5) is 0 Å². The van der Waals surface area contributed by atoms with E-state index in [1.807, 2.05) is 0 Å². The molecule has 0 amide bonds. The number of carbonyl (C=O) groups excluding carboxylic acids is 1. The van der Waals surface area contributed by atoms with Crippen molar-refractivity contribution < 1.29 is 9.53 Å². The molecule has 0 radical (unpaired) electrons. The lowest BCUT2D eigenvalue weighted by Crippen LogP contribution is -1.98. The van der Waals surface area contributed by atoms with Crippen LogP contribution in [0.5, 0.6) is 0 Å². The molecule has 0 unspecified atom stereocenters. The lowest BCUT2D eigenvalue weighted by Gasteiger charge is -1.97. The Morgan fingerprint density at radius 3 is 2.47 bits per heavy atom. The van der Waals surface area contributed by atoms with E-state index in [0.29, 0.717) is 16.7 Å². The van der Waals surface area contributed by atoms with E-state index in [4.69, 9.17) is 27.9 Å². The Bertz CT molecular complexity index is 366. The van der Waals surface area contributed by atoms with Crippen LogP contribution < -0.4 is 0 Å². The van der Waals surface area contributed by atoms with E-state index in [1.165, 1.54) is 6.08 Å². The number of carbonyl (C=O) groups is 1. The fourth-order valence-corrected chi connectivity index (χ4v) is 1.57. The summed E-state index contributed by atoms with van der Waals surface area (Å²) in [5.74, 6) is -0.381. The summed E-state index contributed by atoms with van der Waals surface area (Å²) < 4.78 is 4.73. The van der Waals surface area contributed by atoms with E-state index in [1.54, 1.807) is 31.2 Å². The van der Waals surface area contributed by atoms with Crippen molar-refractivity contribution >= 4 is 35.2 Å². The molecule has 80 valence electrons. The number of halogens is 2. The zero-order valence-corrected chi connectivity index (χ0v) is 9.68. The largest absolute Gasteiger partial charge is 0.463 e. The molecule has 0 saturated heterocycles. The monoisotopic (exact) mass is 244 g/mol. The Morgan fingerprint density at radius 1 is 1.33 bits per heavy atom. The molecule has 0 N–H and O–H groups in total. The van der Waals surface area contributed by atoms with Crippen LogP contribution in [-0.2, 0) is 9.53 Å². The molecule has 1 rings (SSSR count). The molecule has 0 aliphatic rings. The van der Waals surface area contributed by atoms with Crippen LogP contribution in [0.25, 0.3) is 6.08 Å². The number of hydrogen-bond acceptors (Lipinski definition) is 2. The van der Waals surface area contributed by atoms with Crippen molar-refractivity contribution in [1.29, 1.82) is 0 Å². The molecular formula is C11H10Cl2O2. The summed E-state index contributed by atoms with van der Waals surface area (Å²) in [6.07, 6.45) is 2.95. The molecule has 0 saturated carbocycles. The maximum absolute atomic E-state index is 11.0. The predicted molar refractivity (Wildman–Crippen MR) is 62.1 cm³/mol. The van der Waals surface area contributed by atoms with E-state index < -0.39 is 0 Å². The molecule has 0 aromatic heterocycles. The Labute approximate surface area is 98.4 Å². The van der Waals surface area contributed by atoms with Gasteiger partial charge in [-0.2, -0.15) is 0 Å². The minimum Gasteiger partial charge on any atom is -0.463 e. The van der Waals surface area contributed by atoms with Crippen LogP contribution in [0.15, 0.2) is 24.3 Å². The van der Waals surface area contributed by atoms with Crippen LogP contribution >= 0.6 is 23.2 Å². The smallest absolute Gasteiger partial charge is 0.330 e. The van der Waals surface area contributed by atoms with Crippen molar-refractivity contribution in [2.45, 2.75) is 6.92 Å². The first-order valence-electron chi connectivity index (χ1n) is 4.42. The summed E-state index contributed by atoms with van der Waals surface area (Å²) in [6, 6.07) is 5.05. The van der Waals surface area contributed by atoms with E-state index in [2.05, 4.69) is 0 Å². The van der Waals surface area contributed by atoms with Gasteiger partial charge >= 0.3 is 5.97 Å². The zero-order valence-electron chi connectivity index (χ0n) is 8.17. The summed E-state index contributed by atoms with van der Waals surface area (Å²) in [5, 5.41) is 1.07. The zero-order chi connectivity index (χ0) is 11.3. The number of benzene rings is 1. The van der Waals surface area contributed by atoms with Crippen LogP contribution in [-0.4, -0.2) is 12.6 Å². The molecule has 0 aliphatic heterocycles. The minimum absolute atomic E-state index is 0.361.